The molecule has 0 bridgehead atoms. The van der Waals surface area contributed by atoms with Crippen LogP contribution >= 0.6 is 0 Å². The molecule has 1 heterocycles. The fourth-order valence-electron chi connectivity index (χ4n) is 4.21. The maximum absolute atomic E-state index is 14.1. The van der Waals surface area contributed by atoms with Crippen molar-refractivity contribution in [3.05, 3.63) is 65.2 Å². The van der Waals surface area contributed by atoms with Gasteiger partial charge in [0.1, 0.15) is 11.6 Å². The van der Waals surface area contributed by atoms with Crippen LogP contribution in [-0.2, 0) is 14.3 Å². The van der Waals surface area contributed by atoms with Crippen molar-refractivity contribution >= 4 is 17.6 Å². The molecule has 0 fully saturated rings. The zero-order valence-electron chi connectivity index (χ0n) is 17.9. The SMILES string of the molecule is COC(=O)CCCCCCC(=O)N1CCCC(c2ccc(F)cc2)c2ccc(F)cc21. The fourth-order valence-corrected chi connectivity index (χ4v) is 4.21. The molecule has 0 saturated heterocycles. The molecule has 0 aromatic heterocycles. The van der Waals surface area contributed by atoms with Crippen molar-refractivity contribution in [2.75, 3.05) is 18.6 Å². The third kappa shape index (κ3) is 6.12. The molecule has 3 rings (SSSR count). The first-order valence-corrected chi connectivity index (χ1v) is 10.9. The van der Waals surface area contributed by atoms with Gasteiger partial charge in [-0.25, -0.2) is 8.78 Å². The number of carbonyl (C=O) groups excluding carboxylic acids is 2. The molecular formula is C25H29F2NO3. The van der Waals surface area contributed by atoms with Crippen LogP contribution in [0.1, 0.15) is 68.4 Å². The lowest BCUT2D eigenvalue weighted by Gasteiger charge is -2.24. The summed E-state index contributed by atoms with van der Waals surface area (Å²) in [6.45, 7) is 0.537. The second-order valence-electron chi connectivity index (χ2n) is 7.99. The number of nitrogens with zero attached hydrogens (tertiary/aromatic N) is 1. The Morgan fingerprint density at radius 2 is 1.65 bits per heavy atom. The second-order valence-corrected chi connectivity index (χ2v) is 7.99. The second kappa shape index (κ2) is 11.0. The number of esters is 1. The summed E-state index contributed by atoms with van der Waals surface area (Å²) in [7, 11) is 1.38. The van der Waals surface area contributed by atoms with Crippen LogP contribution in [0.4, 0.5) is 14.5 Å². The number of hydrogen-bond acceptors (Lipinski definition) is 3. The minimum atomic E-state index is -0.376. The van der Waals surface area contributed by atoms with E-state index >= 15 is 0 Å². The third-order valence-electron chi connectivity index (χ3n) is 5.86. The van der Waals surface area contributed by atoms with Crippen molar-refractivity contribution in [1.82, 2.24) is 0 Å². The summed E-state index contributed by atoms with van der Waals surface area (Å²) in [6, 6.07) is 11.0. The van der Waals surface area contributed by atoms with Crippen molar-refractivity contribution < 1.29 is 23.1 Å². The van der Waals surface area contributed by atoms with Crippen molar-refractivity contribution in [2.45, 2.75) is 57.3 Å². The van der Waals surface area contributed by atoms with Gasteiger partial charge in [-0.05, 0) is 61.1 Å². The van der Waals surface area contributed by atoms with Crippen molar-refractivity contribution in [3.63, 3.8) is 0 Å². The standard InChI is InChI=1S/C25H29F2NO3/c1-31-25(30)9-5-3-2-4-8-24(29)28-16-6-7-21(18-10-12-19(26)13-11-18)22-15-14-20(27)17-23(22)28/h10-15,17,21H,2-9,16H2,1H3. The molecule has 1 atom stereocenters. The highest BCUT2D eigenvalue weighted by Crippen LogP contribution is 2.39. The van der Waals surface area contributed by atoms with Crippen LogP contribution in [0.15, 0.2) is 42.5 Å². The molecule has 2 aromatic carbocycles. The quantitative estimate of drug-likeness (QED) is 0.397. The van der Waals surface area contributed by atoms with E-state index in [0.717, 1.165) is 49.7 Å². The van der Waals surface area contributed by atoms with Gasteiger partial charge < -0.3 is 9.64 Å². The maximum Gasteiger partial charge on any atom is 0.305 e. The molecule has 1 aliphatic rings. The fraction of sp³-hybridized carbons (Fsp3) is 0.440. The summed E-state index contributed by atoms with van der Waals surface area (Å²) in [6.07, 6.45) is 5.56. The summed E-state index contributed by atoms with van der Waals surface area (Å²) in [5, 5.41) is 0. The van der Waals surface area contributed by atoms with E-state index in [9.17, 15) is 18.4 Å². The van der Waals surface area contributed by atoms with Gasteiger partial charge in [-0.15, -0.1) is 0 Å². The van der Waals surface area contributed by atoms with Crippen LogP contribution in [0.25, 0.3) is 0 Å². The van der Waals surface area contributed by atoms with Gasteiger partial charge in [0, 0.05) is 25.3 Å². The molecule has 1 amide bonds. The highest BCUT2D eigenvalue weighted by Gasteiger charge is 2.27. The van der Waals surface area contributed by atoms with Gasteiger partial charge >= 0.3 is 5.97 Å². The van der Waals surface area contributed by atoms with Crippen molar-refractivity contribution in [3.8, 4) is 0 Å². The normalized spacial score (nSPS) is 15.8. The van der Waals surface area contributed by atoms with Gasteiger partial charge in [-0.2, -0.15) is 0 Å². The zero-order valence-corrected chi connectivity index (χ0v) is 17.9. The van der Waals surface area contributed by atoms with E-state index in [0.29, 0.717) is 25.1 Å². The van der Waals surface area contributed by atoms with Gasteiger partial charge in [0.2, 0.25) is 5.91 Å². The minimum Gasteiger partial charge on any atom is -0.469 e. The molecule has 0 radical (unpaired) electrons. The van der Waals surface area contributed by atoms with Gasteiger partial charge in [-0.1, -0.05) is 31.0 Å². The largest absolute Gasteiger partial charge is 0.469 e. The predicted octanol–water partition coefficient (Wildman–Crippen LogP) is 5.74. The average Bonchev–Trinajstić information content (AvgIpc) is 2.95. The molecule has 4 nitrogen and oxygen atoms in total. The monoisotopic (exact) mass is 429 g/mol. The third-order valence-corrected chi connectivity index (χ3v) is 5.86. The van der Waals surface area contributed by atoms with Crippen LogP contribution in [0.5, 0.6) is 0 Å². The number of carbonyl (C=O) groups is 2. The summed E-state index contributed by atoms with van der Waals surface area (Å²) >= 11 is 0. The predicted molar refractivity (Wildman–Crippen MR) is 116 cm³/mol. The molecule has 0 N–H and O–H groups in total. The van der Waals surface area contributed by atoms with Crippen LogP contribution in [0.3, 0.4) is 0 Å². The number of rotatable bonds is 8. The van der Waals surface area contributed by atoms with Gasteiger partial charge in [-0.3, -0.25) is 9.59 Å². The first-order chi connectivity index (χ1) is 15.0. The summed E-state index contributed by atoms with van der Waals surface area (Å²) in [4.78, 5) is 25.8. The lowest BCUT2D eigenvalue weighted by molar-refractivity contribution is -0.140. The maximum atomic E-state index is 14.1. The Labute approximate surface area is 182 Å². The number of unbranched alkanes of at least 4 members (excludes halogenated alkanes) is 3. The topological polar surface area (TPSA) is 46.6 Å². The van der Waals surface area contributed by atoms with Crippen LogP contribution < -0.4 is 4.90 Å². The Morgan fingerprint density at radius 1 is 0.968 bits per heavy atom. The molecule has 166 valence electrons. The average molecular weight is 430 g/mol. The molecule has 0 spiro atoms. The Balaban J connectivity index is 1.68. The molecule has 31 heavy (non-hydrogen) atoms. The van der Waals surface area contributed by atoms with E-state index in [-0.39, 0.29) is 29.4 Å². The molecule has 6 heteroatoms. The number of benzene rings is 2. The number of halogens is 2. The van der Waals surface area contributed by atoms with E-state index < -0.39 is 0 Å². The van der Waals surface area contributed by atoms with E-state index in [1.807, 2.05) is 0 Å². The minimum absolute atomic E-state index is 0.00711. The summed E-state index contributed by atoms with van der Waals surface area (Å²) < 4.78 is 32.1. The molecule has 1 unspecified atom stereocenters. The molecule has 0 aliphatic carbocycles. The molecule has 2 aromatic rings. The number of anilines is 1. The smallest absolute Gasteiger partial charge is 0.305 e. The highest BCUT2D eigenvalue weighted by atomic mass is 19.1. The van der Waals surface area contributed by atoms with Gasteiger partial charge in [0.15, 0.2) is 0 Å². The van der Waals surface area contributed by atoms with Gasteiger partial charge in [0.05, 0.1) is 12.8 Å². The highest BCUT2D eigenvalue weighted by molar-refractivity contribution is 5.94. The number of methoxy groups -OCH3 is 1. The first kappa shape index (κ1) is 22.9. The Kier molecular flexibility index (Phi) is 8.15. The zero-order chi connectivity index (χ0) is 22.2. The van der Waals surface area contributed by atoms with Crippen molar-refractivity contribution in [1.29, 1.82) is 0 Å². The number of amides is 1. The molecule has 0 saturated carbocycles. The Morgan fingerprint density at radius 3 is 2.35 bits per heavy atom. The van der Waals surface area contributed by atoms with E-state index in [4.69, 9.17) is 0 Å². The Bertz CT molecular complexity index is 898. The summed E-state index contributed by atoms with van der Waals surface area (Å²) in [5.41, 5.74) is 2.48. The Hall–Kier alpha value is -2.76. The van der Waals surface area contributed by atoms with Gasteiger partial charge in [0.25, 0.3) is 0 Å². The number of hydrogen-bond donors (Lipinski definition) is 0. The van der Waals surface area contributed by atoms with Crippen molar-refractivity contribution in [2.24, 2.45) is 0 Å². The lowest BCUT2D eigenvalue weighted by Crippen LogP contribution is -2.31. The van der Waals surface area contributed by atoms with E-state index in [1.165, 1.54) is 31.4 Å². The summed E-state index contributed by atoms with van der Waals surface area (Å²) in [5.74, 6) is -0.902. The first-order valence-electron chi connectivity index (χ1n) is 10.9. The van der Waals surface area contributed by atoms with Crippen LogP contribution in [-0.4, -0.2) is 25.5 Å². The number of fused-ring (bicyclic) bond motifs is 1. The van der Waals surface area contributed by atoms with E-state index in [1.54, 1.807) is 23.1 Å². The lowest BCUT2D eigenvalue weighted by atomic mass is 9.87. The number of ether oxygens (including phenoxy) is 1. The van der Waals surface area contributed by atoms with Crippen LogP contribution in [0.2, 0.25) is 0 Å². The molecular weight excluding hydrogens is 400 g/mol. The van der Waals surface area contributed by atoms with Crippen LogP contribution in [0, 0.1) is 11.6 Å². The molecule has 1 aliphatic heterocycles. The van der Waals surface area contributed by atoms with E-state index in [2.05, 4.69) is 4.74 Å².